The van der Waals surface area contributed by atoms with Crippen LogP contribution in [0.3, 0.4) is 0 Å². The summed E-state index contributed by atoms with van der Waals surface area (Å²) in [5.74, 6) is -0.127. The molecule has 0 spiro atoms. The number of amides is 1. The van der Waals surface area contributed by atoms with E-state index < -0.39 is 5.97 Å². The molecule has 1 aliphatic rings. The average molecular weight is 292 g/mol. The van der Waals surface area contributed by atoms with Crippen molar-refractivity contribution in [3.63, 3.8) is 0 Å². The molecule has 0 radical (unpaired) electrons. The highest BCUT2D eigenvalue weighted by atomic mass is 16.5. The van der Waals surface area contributed by atoms with Crippen LogP contribution in [0.5, 0.6) is 5.75 Å². The monoisotopic (exact) mass is 292 g/mol. The fourth-order valence-corrected chi connectivity index (χ4v) is 2.37. The van der Waals surface area contributed by atoms with Gasteiger partial charge in [0.15, 0.2) is 0 Å². The maximum absolute atomic E-state index is 12.4. The van der Waals surface area contributed by atoms with Crippen molar-refractivity contribution in [2.45, 2.75) is 6.42 Å². The molecule has 21 heavy (non-hydrogen) atoms. The van der Waals surface area contributed by atoms with Gasteiger partial charge in [0.1, 0.15) is 5.75 Å². The average Bonchev–Trinajstić information content (AvgIpc) is 2.52. The lowest BCUT2D eigenvalue weighted by Gasteiger charge is -2.34. The number of methoxy groups -OCH3 is 1. The molecular formula is C15H20N2O4. The quantitative estimate of drug-likeness (QED) is 0.874. The summed E-state index contributed by atoms with van der Waals surface area (Å²) in [6, 6.07) is 7.12. The number of carboxylic acids is 1. The molecule has 0 unspecified atom stereocenters. The molecule has 1 fully saturated rings. The van der Waals surface area contributed by atoms with Crippen molar-refractivity contribution in [1.82, 2.24) is 9.80 Å². The Bertz CT molecular complexity index is 510. The molecule has 1 N–H and O–H groups in total. The van der Waals surface area contributed by atoms with Crippen molar-refractivity contribution in [2.75, 3.05) is 39.8 Å². The van der Waals surface area contributed by atoms with Gasteiger partial charge in [-0.1, -0.05) is 6.07 Å². The Labute approximate surface area is 123 Å². The van der Waals surface area contributed by atoms with Gasteiger partial charge < -0.3 is 14.7 Å². The molecule has 2 rings (SSSR count). The van der Waals surface area contributed by atoms with Gasteiger partial charge in [-0.05, 0) is 18.2 Å². The minimum atomic E-state index is -0.787. The molecule has 1 amide bonds. The Balaban J connectivity index is 1.89. The molecule has 0 saturated carbocycles. The van der Waals surface area contributed by atoms with E-state index in [1.807, 2.05) is 0 Å². The number of rotatable bonds is 5. The SMILES string of the molecule is COc1cccc(C(=O)N2CCN(CCC(=O)O)CC2)c1. The molecule has 6 heteroatoms. The predicted octanol–water partition coefficient (Wildman–Crippen LogP) is 0.928. The highest BCUT2D eigenvalue weighted by Gasteiger charge is 2.22. The molecule has 1 aromatic rings. The lowest BCUT2D eigenvalue weighted by molar-refractivity contribution is -0.137. The zero-order valence-electron chi connectivity index (χ0n) is 12.1. The van der Waals surface area contributed by atoms with Crippen LogP contribution in [0.1, 0.15) is 16.8 Å². The first-order valence-electron chi connectivity index (χ1n) is 6.97. The second-order valence-electron chi connectivity index (χ2n) is 5.01. The largest absolute Gasteiger partial charge is 0.497 e. The summed E-state index contributed by atoms with van der Waals surface area (Å²) >= 11 is 0. The van der Waals surface area contributed by atoms with Crippen LogP contribution in [0.2, 0.25) is 0 Å². The van der Waals surface area contributed by atoms with E-state index in [1.54, 1.807) is 36.3 Å². The summed E-state index contributed by atoms with van der Waals surface area (Å²) in [4.78, 5) is 26.8. The molecule has 0 aromatic heterocycles. The first-order chi connectivity index (χ1) is 10.1. The second kappa shape index (κ2) is 7.08. The molecular weight excluding hydrogens is 272 g/mol. The molecule has 0 bridgehead atoms. The van der Waals surface area contributed by atoms with Crippen molar-refractivity contribution >= 4 is 11.9 Å². The third-order valence-corrected chi connectivity index (χ3v) is 3.62. The fraction of sp³-hybridized carbons (Fsp3) is 0.467. The molecule has 1 saturated heterocycles. The molecule has 1 aliphatic heterocycles. The summed E-state index contributed by atoms with van der Waals surface area (Å²) in [6.45, 7) is 3.20. The summed E-state index contributed by atoms with van der Waals surface area (Å²) in [5, 5.41) is 8.68. The van der Waals surface area contributed by atoms with E-state index in [-0.39, 0.29) is 12.3 Å². The molecule has 114 valence electrons. The van der Waals surface area contributed by atoms with Crippen molar-refractivity contribution in [3.05, 3.63) is 29.8 Å². The van der Waals surface area contributed by atoms with Gasteiger partial charge in [0.25, 0.3) is 5.91 Å². The van der Waals surface area contributed by atoms with Crippen LogP contribution in [-0.2, 0) is 4.79 Å². The van der Waals surface area contributed by atoms with Crippen LogP contribution in [0, 0.1) is 0 Å². The summed E-state index contributed by atoms with van der Waals surface area (Å²) in [5.41, 5.74) is 0.619. The lowest BCUT2D eigenvalue weighted by Crippen LogP contribution is -2.49. The van der Waals surface area contributed by atoms with E-state index in [2.05, 4.69) is 4.90 Å². The third kappa shape index (κ3) is 4.19. The van der Waals surface area contributed by atoms with Crippen molar-refractivity contribution in [1.29, 1.82) is 0 Å². The van der Waals surface area contributed by atoms with E-state index in [9.17, 15) is 9.59 Å². The minimum absolute atomic E-state index is 0.00761. The molecule has 6 nitrogen and oxygen atoms in total. The Morgan fingerprint density at radius 2 is 1.95 bits per heavy atom. The Kier molecular flexibility index (Phi) is 5.16. The Morgan fingerprint density at radius 3 is 2.57 bits per heavy atom. The van der Waals surface area contributed by atoms with Crippen molar-refractivity contribution < 1.29 is 19.4 Å². The van der Waals surface area contributed by atoms with Gasteiger partial charge in [0.05, 0.1) is 13.5 Å². The zero-order valence-corrected chi connectivity index (χ0v) is 12.1. The van der Waals surface area contributed by atoms with Crippen LogP contribution in [-0.4, -0.2) is 66.6 Å². The second-order valence-corrected chi connectivity index (χ2v) is 5.01. The van der Waals surface area contributed by atoms with Crippen LogP contribution >= 0.6 is 0 Å². The van der Waals surface area contributed by atoms with Crippen molar-refractivity contribution in [3.8, 4) is 5.75 Å². The number of hydrogen-bond donors (Lipinski definition) is 1. The lowest BCUT2D eigenvalue weighted by atomic mass is 10.1. The summed E-state index contributed by atoms with van der Waals surface area (Å²) in [6.07, 6.45) is 0.143. The third-order valence-electron chi connectivity index (χ3n) is 3.62. The maximum Gasteiger partial charge on any atom is 0.304 e. The normalized spacial score (nSPS) is 15.8. The number of piperazine rings is 1. The zero-order chi connectivity index (χ0) is 15.2. The summed E-state index contributed by atoms with van der Waals surface area (Å²) < 4.78 is 5.13. The number of aliphatic carboxylic acids is 1. The number of carbonyl (C=O) groups excluding carboxylic acids is 1. The first kappa shape index (κ1) is 15.3. The van der Waals surface area contributed by atoms with Crippen molar-refractivity contribution in [2.24, 2.45) is 0 Å². The van der Waals surface area contributed by atoms with Gasteiger partial charge in [-0.2, -0.15) is 0 Å². The van der Waals surface area contributed by atoms with Crippen LogP contribution < -0.4 is 4.74 Å². The highest BCUT2D eigenvalue weighted by molar-refractivity contribution is 5.94. The number of benzene rings is 1. The van der Waals surface area contributed by atoms with Crippen LogP contribution in [0.15, 0.2) is 24.3 Å². The number of nitrogens with zero attached hydrogens (tertiary/aromatic N) is 2. The van der Waals surface area contributed by atoms with E-state index in [4.69, 9.17) is 9.84 Å². The highest BCUT2D eigenvalue weighted by Crippen LogP contribution is 2.15. The van der Waals surface area contributed by atoms with Crippen LogP contribution in [0.25, 0.3) is 0 Å². The van der Waals surface area contributed by atoms with E-state index in [1.165, 1.54) is 0 Å². The molecule has 0 atom stereocenters. The Hall–Kier alpha value is -2.08. The van der Waals surface area contributed by atoms with Gasteiger partial charge in [-0.15, -0.1) is 0 Å². The number of ether oxygens (including phenoxy) is 1. The minimum Gasteiger partial charge on any atom is -0.497 e. The smallest absolute Gasteiger partial charge is 0.304 e. The van der Waals surface area contributed by atoms with E-state index >= 15 is 0 Å². The number of carboxylic acid groups (broad SMARTS) is 1. The molecule has 0 aliphatic carbocycles. The van der Waals surface area contributed by atoms with Gasteiger partial charge in [-0.25, -0.2) is 0 Å². The van der Waals surface area contributed by atoms with E-state index in [0.29, 0.717) is 44.0 Å². The fourth-order valence-electron chi connectivity index (χ4n) is 2.37. The maximum atomic E-state index is 12.4. The molecule has 1 heterocycles. The standard InChI is InChI=1S/C15H20N2O4/c1-21-13-4-2-3-12(11-13)15(20)17-9-7-16(8-10-17)6-5-14(18)19/h2-4,11H,5-10H2,1H3,(H,18,19). The van der Waals surface area contributed by atoms with Crippen LogP contribution in [0.4, 0.5) is 0 Å². The van der Waals surface area contributed by atoms with E-state index in [0.717, 1.165) is 0 Å². The first-order valence-corrected chi connectivity index (χ1v) is 6.97. The van der Waals surface area contributed by atoms with Gasteiger partial charge in [0, 0.05) is 38.3 Å². The number of hydrogen-bond acceptors (Lipinski definition) is 4. The van der Waals surface area contributed by atoms with Gasteiger partial charge >= 0.3 is 5.97 Å². The number of carbonyl (C=O) groups is 2. The topological polar surface area (TPSA) is 70.1 Å². The molecule has 1 aromatic carbocycles. The predicted molar refractivity (Wildman–Crippen MR) is 77.6 cm³/mol. The van der Waals surface area contributed by atoms with Gasteiger partial charge in [-0.3, -0.25) is 14.5 Å². The van der Waals surface area contributed by atoms with Gasteiger partial charge in [0.2, 0.25) is 0 Å². The Morgan fingerprint density at radius 1 is 1.24 bits per heavy atom. The summed E-state index contributed by atoms with van der Waals surface area (Å²) in [7, 11) is 1.57.